The molecule has 10 heteroatoms. The molecule has 1 aromatic rings. The molecule has 0 spiro atoms. The van der Waals surface area contributed by atoms with Gasteiger partial charge in [0.25, 0.3) is 11.1 Å². The Labute approximate surface area is 153 Å². The lowest BCUT2D eigenvalue weighted by atomic mass is 10.3. The Morgan fingerprint density at radius 3 is 2.62 bits per heavy atom. The summed E-state index contributed by atoms with van der Waals surface area (Å²) in [7, 11) is 1.39. The number of halogens is 1. The van der Waals surface area contributed by atoms with Crippen LogP contribution in [-0.2, 0) is 19.1 Å². The third-order valence-corrected chi connectivity index (χ3v) is 4.35. The van der Waals surface area contributed by atoms with Gasteiger partial charge in [0.05, 0.1) is 6.54 Å². The zero-order valence-corrected chi connectivity index (χ0v) is 14.9. The smallest absolute Gasteiger partial charge is 0.326 e. The molecule has 1 fully saturated rings. The van der Waals surface area contributed by atoms with E-state index in [4.69, 9.17) is 4.74 Å². The number of carbonyl (C=O) groups excluding carboxylic acids is 4. The third kappa shape index (κ3) is 6.03. The molecule has 0 bridgehead atoms. The number of hydrogen-bond donors (Lipinski definition) is 1. The number of ether oxygens (including phenoxy) is 1. The van der Waals surface area contributed by atoms with Gasteiger partial charge in [0.1, 0.15) is 12.4 Å². The molecule has 1 aromatic carbocycles. The molecule has 0 aromatic heterocycles. The molecular formula is C16H18FN3O5S. The van der Waals surface area contributed by atoms with Gasteiger partial charge >= 0.3 is 5.97 Å². The van der Waals surface area contributed by atoms with Crippen molar-refractivity contribution in [2.45, 2.75) is 0 Å². The van der Waals surface area contributed by atoms with Crippen LogP contribution in [0.25, 0.3) is 0 Å². The molecule has 1 heterocycles. The van der Waals surface area contributed by atoms with E-state index in [-0.39, 0.29) is 18.3 Å². The maximum atomic E-state index is 12.8. The predicted molar refractivity (Wildman–Crippen MR) is 93.1 cm³/mol. The van der Waals surface area contributed by atoms with Crippen molar-refractivity contribution in [3.63, 3.8) is 0 Å². The number of thioether (sulfide) groups is 1. The van der Waals surface area contributed by atoms with Gasteiger partial charge in [-0.3, -0.25) is 19.2 Å². The van der Waals surface area contributed by atoms with E-state index in [2.05, 4.69) is 5.32 Å². The standard InChI is InChI=1S/C16H18FN3O5S/c1-19(8-13(21)18-12-4-2-11(17)3-5-12)14(22)10-25-15(23)9-20-6-7-26-16(20)24/h2-5H,6-10H2,1H3,(H,18,21). The van der Waals surface area contributed by atoms with Crippen molar-refractivity contribution in [2.24, 2.45) is 0 Å². The molecule has 0 unspecified atom stereocenters. The Balaban J connectivity index is 1.70. The van der Waals surface area contributed by atoms with E-state index in [0.29, 0.717) is 18.0 Å². The van der Waals surface area contributed by atoms with Crippen molar-refractivity contribution in [1.82, 2.24) is 9.80 Å². The van der Waals surface area contributed by atoms with Gasteiger partial charge in [0, 0.05) is 25.0 Å². The fourth-order valence-electron chi connectivity index (χ4n) is 2.06. The van der Waals surface area contributed by atoms with Crippen LogP contribution >= 0.6 is 11.8 Å². The highest BCUT2D eigenvalue weighted by atomic mass is 32.2. The zero-order valence-electron chi connectivity index (χ0n) is 14.1. The van der Waals surface area contributed by atoms with Crippen LogP contribution in [0.5, 0.6) is 0 Å². The monoisotopic (exact) mass is 383 g/mol. The fraction of sp³-hybridized carbons (Fsp3) is 0.375. The number of rotatable bonds is 7. The van der Waals surface area contributed by atoms with Crippen LogP contribution in [0.1, 0.15) is 0 Å². The summed E-state index contributed by atoms with van der Waals surface area (Å²) in [4.78, 5) is 49.3. The second-order valence-electron chi connectivity index (χ2n) is 5.50. The Morgan fingerprint density at radius 1 is 1.31 bits per heavy atom. The van der Waals surface area contributed by atoms with Gasteiger partial charge in [-0.05, 0) is 24.3 Å². The summed E-state index contributed by atoms with van der Waals surface area (Å²) in [6.07, 6.45) is 0. The summed E-state index contributed by atoms with van der Waals surface area (Å²) in [6.45, 7) is -0.507. The van der Waals surface area contributed by atoms with Gasteiger partial charge in [-0.1, -0.05) is 11.8 Å². The van der Waals surface area contributed by atoms with E-state index in [1.54, 1.807) is 0 Å². The largest absolute Gasteiger partial charge is 0.454 e. The van der Waals surface area contributed by atoms with Crippen LogP contribution in [0.2, 0.25) is 0 Å². The molecule has 0 saturated carbocycles. The fourth-order valence-corrected chi connectivity index (χ4v) is 2.89. The molecule has 1 aliphatic rings. The average Bonchev–Trinajstić information content (AvgIpc) is 2.99. The quantitative estimate of drug-likeness (QED) is 0.704. The average molecular weight is 383 g/mol. The first-order valence-corrected chi connectivity index (χ1v) is 8.70. The number of hydrogen-bond acceptors (Lipinski definition) is 6. The molecule has 0 radical (unpaired) electrons. The lowest BCUT2D eigenvalue weighted by Gasteiger charge is -2.18. The number of likely N-dealkylation sites (N-methyl/N-ethyl adjacent to an activating group) is 1. The highest BCUT2D eigenvalue weighted by Crippen LogP contribution is 2.16. The van der Waals surface area contributed by atoms with Gasteiger partial charge < -0.3 is 19.9 Å². The molecule has 1 aliphatic heterocycles. The van der Waals surface area contributed by atoms with Crippen molar-refractivity contribution < 1.29 is 28.3 Å². The summed E-state index contributed by atoms with van der Waals surface area (Å²) in [5.41, 5.74) is 0.400. The van der Waals surface area contributed by atoms with Crippen LogP contribution in [0.4, 0.5) is 14.9 Å². The topological polar surface area (TPSA) is 96.0 Å². The Kier molecular flexibility index (Phi) is 6.96. The van der Waals surface area contributed by atoms with E-state index in [9.17, 15) is 23.6 Å². The molecule has 3 amide bonds. The summed E-state index contributed by atoms with van der Waals surface area (Å²) in [5.74, 6) is -1.52. The number of nitrogens with one attached hydrogen (secondary N) is 1. The second-order valence-corrected chi connectivity index (χ2v) is 6.55. The maximum Gasteiger partial charge on any atom is 0.326 e. The lowest BCUT2D eigenvalue weighted by molar-refractivity contribution is -0.152. The zero-order chi connectivity index (χ0) is 19.1. The maximum absolute atomic E-state index is 12.8. The SMILES string of the molecule is CN(CC(=O)Nc1ccc(F)cc1)C(=O)COC(=O)CN1CCSC1=O. The number of nitrogens with zero attached hydrogens (tertiary/aromatic N) is 2. The van der Waals surface area contributed by atoms with Crippen LogP contribution in [-0.4, -0.2) is 71.9 Å². The van der Waals surface area contributed by atoms with Crippen molar-refractivity contribution in [3.8, 4) is 0 Å². The summed E-state index contributed by atoms with van der Waals surface area (Å²) in [6, 6.07) is 5.20. The number of benzene rings is 1. The molecule has 0 atom stereocenters. The van der Waals surface area contributed by atoms with E-state index in [1.807, 2.05) is 0 Å². The van der Waals surface area contributed by atoms with Gasteiger partial charge in [0.15, 0.2) is 6.61 Å². The molecule has 140 valence electrons. The van der Waals surface area contributed by atoms with Crippen molar-refractivity contribution in [1.29, 1.82) is 0 Å². The molecular weight excluding hydrogens is 365 g/mol. The summed E-state index contributed by atoms with van der Waals surface area (Å²) >= 11 is 1.12. The van der Waals surface area contributed by atoms with Crippen molar-refractivity contribution in [3.05, 3.63) is 30.1 Å². The summed E-state index contributed by atoms with van der Waals surface area (Å²) < 4.78 is 17.7. The van der Waals surface area contributed by atoms with Crippen LogP contribution in [0.15, 0.2) is 24.3 Å². The van der Waals surface area contributed by atoms with Crippen LogP contribution in [0.3, 0.4) is 0 Å². The van der Waals surface area contributed by atoms with E-state index in [0.717, 1.165) is 16.7 Å². The van der Waals surface area contributed by atoms with Gasteiger partial charge in [0.2, 0.25) is 5.91 Å². The minimum Gasteiger partial charge on any atom is -0.454 e. The number of amides is 3. The molecule has 1 saturated heterocycles. The Bertz CT molecular complexity index is 698. The molecule has 0 aliphatic carbocycles. The number of esters is 1. The van der Waals surface area contributed by atoms with Gasteiger partial charge in [-0.2, -0.15) is 0 Å². The van der Waals surface area contributed by atoms with Gasteiger partial charge in [-0.15, -0.1) is 0 Å². The van der Waals surface area contributed by atoms with E-state index >= 15 is 0 Å². The van der Waals surface area contributed by atoms with Crippen LogP contribution in [0, 0.1) is 5.82 Å². The van der Waals surface area contributed by atoms with Crippen molar-refractivity contribution >= 4 is 40.5 Å². The van der Waals surface area contributed by atoms with E-state index in [1.165, 1.54) is 36.2 Å². The first kappa shape index (κ1) is 19.7. The van der Waals surface area contributed by atoms with Crippen molar-refractivity contribution in [2.75, 3.05) is 44.4 Å². The highest BCUT2D eigenvalue weighted by molar-refractivity contribution is 8.13. The summed E-state index contributed by atoms with van der Waals surface area (Å²) in [5, 5.41) is 2.33. The predicted octanol–water partition coefficient (Wildman–Crippen LogP) is 0.935. The normalized spacial score (nSPS) is 13.5. The lowest BCUT2D eigenvalue weighted by Crippen LogP contribution is -2.38. The Morgan fingerprint density at radius 2 is 2.00 bits per heavy atom. The first-order valence-electron chi connectivity index (χ1n) is 7.72. The second kappa shape index (κ2) is 9.18. The van der Waals surface area contributed by atoms with Crippen LogP contribution < -0.4 is 5.32 Å². The first-order chi connectivity index (χ1) is 12.3. The van der Waals surface area contributed by atoms with E-state index < -0.39 is 30.2 Å². The van der Waals surface area contributed by atoms with Gasteiger partial charge in [-0.25, -0.2) is 4.39 Å². The minimum atomic E-state index is -0.682. The molecule has 1 N–H and O–H groups in total. The minimum absolute atomic E-state index is 0.192. The highest BCUT2D eigenvalue weighted by Gasteiger charge is 2.24. The molecule has 8 nitrogen and oxygen atoms in total. The number of carbonyl (C=O) groups is 4. The Hall–Kier alpha value is -2.62. The molecule has 2 rings (SSSR count). The third-order valence-electron chi connectivity index (χ3n) is 3.46. The number of anilines is 1. The molecule has 26 heavy (non-hydrogen) atoms.